The molecule has 28 heavy (non-hydrogen) atoms. The summed E-state index contributed by atoms with van der Waals surface area (Å²) in [6, 6.07) is 14.3. The second-order valence-corrected chi connectivity index (χ2v) is 6.41. The van der Waals surface area contributed by atoms with Gasteiger partial charge < -0.3 is 25.0 Å². The molecule has 0 heterocycles. The molecule has 2 aromatic rings. The van der Waals surface area contributed by atoms with Gasteiger partial charge in [0.1, 0.15) is 0 Å². The Morgan fingerprint density at radius 3 is 2.46 bits per heavy atom. The van der Waals surface area contributed by atoms with Crippen LogP contribution in [0.3, 0.4) is 0 Å². The Balaban J connectivity index is 0.00000392. The second kappa shape index (κ2) is 12.5. The van der Waals surface area contributed by atoms with Crippen molar-refractivity contribution >= 4 is 35.6 Å². The van der Waals surface area contributed by atoms with Gasteiger partial charge >= 0.3 is 0 Å². The van der Waals surface area contributed by atoms with Gasteiger partial charge in [0.15, 0.2) is 17.5 Å². The van der Waals surface area contributed by atoms with Gasteiger partial charge in [-0.15, -0.1) is 24.0 Å². The van der Waals surface area contributed by atoms with Crippen molar-refractivity contribution in [1.82, 2.24) is 10.2 Å². The van der Waals surface area contributed by atoms with Crippen LogP contribution in [0.4, 0.5) is 5.69 Å². The van der Waals surface area contributed by atoms with Gasteiger partial charge in [-0.1, -0.05) is 24.3 Å². The van der Waals surface area contributed by atoms with Gasteiger partial charge in [-0.05, 0) is 44.3 Å². The summed E-state index contributed by atoms with van der Waals surface area (Å²) < 4.78 is 11.0. The fourth-order valence-electron chi connectivity index (χ4n) is 2.73. The van der Waals surface area contributed by atoms with Gasteiger partial charge in [0, 0.05) is 31.9 Å². The van der Waals surface area contributed by atoms with E-state index in [1.54, 1.807) is 14.2 Å². The number of anilines is 1. The first-order valence-electron chi connectivity index (χ1n) is 9.06. The Labute approximate surface area is 185 Å². The summed E-state index contributed by atoms with van der Waals surface area (Å²) in [6.45, 7) is 4.14. The zero-order valence-corrected chi connectivity index (χ0v) is 19.6. The number of ether oxygens (including phenoxy) is 2. The van der Waals surface area contributed by atoms with Crippen LogP contribution in [-0.2, 0) is 13.1 Å². The van der Waals surface area contributed by atoms with Crippen molar-refractivity contribution in [3.63, 3.8) is 0 Å². The predicted octanol–water partition coefficient (Wildman–Crippen LogP) is 3.96. The lowest BCUT2D eigenvalue weighted by atomic mass is 10.1. The van der Waals surface area contributed by atoms with Gasteiger partial charge in [0.25, 0.3) is 0 Å². The van der Waals surface area contributed by atoms with E-state index in [0.29, 0.717) is 30.6 Å². The van der Waals surface area contributed by atoms with Crippen LogP contribution in [0.15, 0.2) is 47.5 Å². The standard InChI is InChI=1S/C21H30N4O2.HI/c1-6-27-20-13-18(10-11-19(20)26-5)24-21(22-2)23-14-16-8-7-9-17(12-16)15-25(3)4;/h7-13H,6,14-15H2,1-5H3,(H2,22,23,24);1H. The third-order valence-corrected chi connectivity index (χ3v) is 3.90. The average molecular weight is 498 g/mol. The molecule has 0 aliphatic carbocycles. The van der Waals surface area contributed by atoms with Gasteiger partial charge in [-0.2, -0.15) is 0 Å². The number of guanidine groups is 1. The highest BCUT2D eigenvalue weighted by atomic mass is 127. The summed E-state index contributed by atoms with van der Waals surface area (Å²) in [6.07, 6.45) is 0. The first-order valence-corrected chi connectivity index (χ1v) is 9.06. The summed E-state index contributed by atoms with van der Waals surface area (Å²) >= 11 is 0. The van der Waals surface area contributed by atoms with E-state index < -0.39 is 0 Å². The minimum absolute atomic E-state index is 0. The van der Waals surface area contributed by atoms with E-state index >= 15 is 0 Å². The molecule has 0 atom stereocenters. The molecule has 0 saturated heterocycles. The summed E-state index contributed by atoms with van der Waals surface area (Å²) in [7, 11) is 7.53. The molecule has 0 aliphatic rings. The lowest BCUT2D eigenvalue weighted by Gasteiger charge is -2.15. The normalized spacial score (nSPS) is 11.0. The fraction of sp³-hybridized carbons (Fsp3) is 0.381. The fourth-order valence-corrected chi connectivity index (χ4v) is 2.73. The molecule has 7 heteroatoms. The number of aliphatic imine (C=N–C) groups is 1. The van der Waals surface area contributed by atoms with Crippen LogP contribution < -0.4 is 20.1 Å². The quantitative estimate of drug-likeness (QED) is 0.328. The molecule has 2 rings (SSSR count). The Bertz CT molecular complexity index is 766. The number of hydrogen-bond donors (Lipinski definition) is 2. The van der Waals surface area contributed by atoms with Crippen molar-refractivity contribution in [2.75, 3.05) is 40.2 Å². The maximum Gasteiger partial charge on any atom is 0.195 e. The Morgan fingerprint density at radius 2 is 1.82 bits per heavy atom. The minimum atomic E-state index is 0. The average Bonchev–Trinajstić information content (AvgIpc) is 2.65. The van der Waals surface area contributed by atoms with Crippen molar-refractivity contribution < 1.29 is 9.47 Å². The van der Waals surface area contributed by atoms with E-state index in [2.05, 4.69) is 58.9 Å². The maximum absolute atomic E-state index is 5.63. The monoisotopic (exact) mass is 498 g/mol. The molecule has 0 aromatic heterocycles. The van der Waals surface area contributed by atoms with Crippen LogP contribution in [0, 0.1) is 0 Å². The van der Waals surface area contributed by atoms with E-state index in [1.165, 1.54) is 11.1 Å². The first-order chi connectivity index (χ1) is 13.0. The van der Waals surface area contributed by atoms with Crippen molar-refractivity contribution in [2.45, 2.75) is 20.0 Å². The van der Waals surface area contributed by atoms with E-state index in [9.17, 15) is 0 Å². The van der Waals surface area contributed by atoms with Crippen molar-refractivity contribution in [3.05, 3.63) is 53.6 Å². The van der Waals surface area contributed by atoms with Gasteiger partial charge in [0.05, 0.1) is 13.7 Å². The molecule has 0 fully saturated rings. The summed E-state index contributed by atoms with van der Waals surface area (Å²) in [5.74, 6) is 2.11. The summed E-state index contributed by atoms with van der Waals surface area (Å²) in [5.41, 5.74) is 3.38. The molecule has 0 aliphatic heterocycles. The van der Waals surface area contributed by atoms with Gasteiger partial charge in [-0.25, -0.2) is 0 Å². The third-order valence-electron chi connectivity index (χ3n) is 3.90. The zero-order valence-electron chi connectivity index (χ0n) is 17.3. The first kappa shape index (κ1) is 24.0. The SMILES string of the molecule is CCOc1cc(NC(=NC)NCc2cccc(CN(C)C)c2)ccc1OC.I. The molecule has 6 nitrogen and oxygen atoms in total. The van der Waals surface area contributed by atoms with Crippen LogP contribution in [0.2, 0.25) is 0 Å². The highest BCUT2D eigenvalue weighted by molar-refractivity contribution is 14.0. The highest BCUT2D eigenvalue weighted by Gasteiger charge is 2.07. The molecule has 0 unspecified atom stereocenters. The molecule has 0 saturated carbocycles. The zero-order chi connectivity index (χ0) is 19.6. The number of benzene rings is 2. The molecule has 0 spiro atoms. The number of halogens is 1. The third kappa shape index (κ3) is 7.55. The number of methoxy groups -OCH3 is 1. The second-order valence-electron chi connectivity index (χ2n) is 6.41. The number of rotatable bonds is 8. The lowest BCUT2D eigenvalue weighted by Crippen LogP contribution is -2.30. The maximum atomic E-state index is 5.63. The topological polar surface area (TPSA) is 58.1 Å². The van der Waals surface area contributed by atoms with E-state index in [0.717, 1.165) is 12.2 Å². The number of hydrogen-bond acceptors (Lipinski definition) is 4. The van der Waals surface area contributed by atoms with Crippen molar-refractivity contribution in [3.8, 4) is 11.5 Å². The Morgan fingerprint density at radius 1 is 1.07 bits per heavy atom. The largest absolute Gasteiger partial charge is 0.493 e. The lowest BCUT2D eigenvalue weighted by molar-refractivity contribution is 0.311. The Hall–Kier alpha value is -2.00. The molecular weight excluding hydrogens is 467 g/mol. The predicted molar refractivity (Wildman–Crippen MR) is 127 cm³/mol. The van der Waals surface area contributed by atoms with Gasteiger partial charge in [0.2, 0.25) is 0 Å². The highest BCUT2D eigenvalue weighted by Crippen LogP contribution is 2.30. The van der Waals surface area contributed by atoms with E-state index in [1.807, 2.05) is 25.1 Å². The molecule has 0 amide bonds. The van der Waals surface area contributed by atoms with Crippen LogP contribution in [-0.4, -0.2) is 45.7 Å². The summed E-state index contributed by atoms with van der Waals surface area (Å²) in [5, 5.41) is 6.64. The number of nitrogens with zero attached hydrogens (tertiary/aromatic N) is 2. The summed E-state index contributed by atoms with van der Waals surface area (Å²) in [4.78, 5) is 6.46. The van der Waals surface area contributed by atoms with Crippen LogP contribution in [0.1, 0.15) is 18.1 Å². The Kier molecular flexibility index (Phi) is 10.7. The van der Waals surface area contributed by atoms with Crippen molar-refractivity contribution in [1.29, 1.82) is 0 Å². The van der Waals surface area contributed by atoms with Crippen LogP contribution >= 0.6 is 24.0 Å². The van der Waals surface area contributed by atoms with Crippen molar-refractivity contribution in [2.24, 2.45) is 4.99 Å². The molecule has 154 valence electrons. The van der Waals surface area contributed by atoms with Crippen LogP contribution in [0.5, 0.6) is 11.5 Å². The molecule has 0 radical (unpaired) electrons. The van der Waals surface area contributed by atoms with E-state index in [4.69, 9.17) is 9.47 Å². The minimum Gasteiger partial charge on any atom is -0.493 e. The number of nitrogens with one attached hydrogen (secondary N) is 2. The molecule has 2 N–H and O–H groups in total. The molecule has 0 bridgehead atoms. The van der Waals surface area contributed by atoms with Gasteiger partial charge in [-0.3, -0.25) is 4.99 Å². The van der Waals surface area contributed by atoms with E-state index in [-0.39, 0.29) is 24.0 Å². The van der Waals surface area contributed by atoms with Crippen LogP contribution in [0.25, 0.3) is 0 Å². The smallest absolute Gasteiger partial charge is 0.195 e. The molecule has 2 aromatic carbocycles. The molecular formula is C21H31IN4O2.